The summed E-state index contributed by atoms with van der Waals surface area (Å²) in [5, 5.41) is 27.9. The van der Waals surface area contributed by atoms with Gasteiger partial charge in [-0.25, -0.2) is 13.2 Å². The van der Waals surface area contributed by atoms with Crippen molar-refractivity contribution in [3.8, 4) is 17.2 Å². The first-order valence-corrected chi connectivity index (χ1v) is 44.4. The van der Waals surface area contributed by atoms with Crippen LogP contribution >= 0.6 is 11.6 Å². The number of halogens is 4. The third-order valence-corrected chi connectivity index (χ3v) is 20.4. The zero-order valence-corrected chi connectivity index (χ0v) is 78.2. The summed E-state index contributed by atoms with van der Waals surface area (Å²) >= 11 is 5.79. The van der Waals surface area contributed by atoms with Gasteiger partial charge >= 0.3 is 0 Å². The lowest BCUT2D eigenvalue weighted by Gasteiger charge is -2.06. The molecular formula is C107H109ClF3N19O9. The van der Waals surface area contributed by atoms with Crippen LogP contribution in [0.1, 0.15) is 79.2 Å². The van der Waals surface area contributed by atoms with E-state index in [-0.39, 0.29) is 64.9 Å². The molecule has 139 heavy (non-hydrogen) atoms. The Kier molecular flexibility index (Phi) is 40.5. The van der Waals surface area contributed by atoms with E-state index in [2.05, 4.69) is 35.9 Å². The fourth-order valence-electron chi connectivity index (χ4n) is 12.8. The molecule has 0 radical (unpaired) electrons. The number of anilines is 7. The highest BCUT2D eigenvalue weighted by Gasteiger charge is 2.13. The van der Waals surface area contributed by atoms with Crippen molar-refractivity contribution in [1.29, 1.82) is 0 Å². The molecule has 714 valence electrons. The summed E-state index contributed by atoms with van der Waals surface area (Å²) in [4.78, 5) is 71.6. The van der Waals surface area contributed by atoms with Crippen molar-refractivity contribution in [3.05, 3.63) is 406 Å². The third kappa shape index (κ3) is 37.6. The van der Waals surface area contributed by atoms with Crippen molar-refractivity contribution in [1.82, 2.24) is 58.7 Å². The highest BCUT2D eigenvalue weighted by atomic mass is 35.5. The first-order valence-electron chi connectivity index (χ1n) is 44.0. The lowest BCUT2D eigenvalue weighted by Crippen LogP contribution is -2.09. The quantitative estimate of drug-likeness (QED) is 0.0142. The molecule has 15 rings (SSSR count). The smallest absolute Gasteiger partial charge is 0.248 e. The number of nitrogen functional groups attached to an aromatic ring is 6. The van der Waals surface area contributed by atoms with Crippen LogP contribution < -0.4 is 53.9 Å². The van der Waals surface area contributed by atoms with Gasteiger partial charge in [0.15, 0.2) is 28.9 Å². The van der Waals surface area contributed by atoms with Gasteiger partial charge in [0.25, 0.3) is 0 Å². The number of aromatic nitrogens is 12. The highest BCUT2D eigenvalue weighted by Crippen LogP contribution is 2.24. The molecule has 6 heterocycles. The monoisotopic (exact) mass is 1900 g/mol. The Bertz CT molecular complexity index is 6610. The maximum absolute atomic E-state index is 13.3. The zero-order chi connectivity index (χ0) is 99.4. The number of nitrogens with one attached hydrogen (secondary N) is 1. The Labute approximate surface area is 808 Å². The molecule has 32 heteroatoms. The van der Waals surface area contributed by atoms with Gasteiger partial charge in [-0.05, 0) is 224 Å². The molecule has 0 fully saturated rings. The molecule has 1 amide bonds. The van der Waals surface area contributed by atoms with E-state index in [9.17, 15) is 41.9 Å². The number of nitrogens with zero attached hydrogens (tertiary/aromatic N) is 12. The summed E-state index contributed by atoms with van der Waals surface area (Å²) in [6.07, 6.45) is 41.8. The normalized spacial score (nSPS) is 11.0. The minimum Gasteiger partial charge on any atom is -0.492 e. The number of ether oxygens (including phenoxy) is 3. The first kappa shape index (κ1) is 104. The molecule has 15 aromatic rings. The molecule has 0 saturated heterocycles. The maximum Gasteiger partial charge on any atom is 0.248 e. The van der Waals surface area contributed by atoms with E-state index in [1.54, 1.807) is 182 Å². The van der Waals surface area contributed by atoms with Gasteiger partial charge in [0.1, 0.15) is 54.5 Å². The van der Waals surface area contributed by atoms with E-state index in [1.807, 2.05) is 162 Å². The van der Waals surface area contributed by atoms with E-state index in [0.717, 1.165) is 73.5 Å². The van der Waals surface area contributed by atoms with E-state index in [0.29, 0.717) is 109 Å². The van der Waals surface area contributed by atoms with E-state index >= 15 is 0 Å². The Morgan fingerprint density at radius 1 is 0.338 bits per heavy atom. The predicted molar refractivity (Wildman–Crippen MR) is 543 cm³/mol. The van der Waals surface area contributed by atoms with Crippen LogP contribution in [0.4, 0.5) is 53.0 Å². The van der Waals surface area contributed by atoms with Crippen LogP contribution in [-0.4, -0.2) is 113 Å². The zero-order valence-electron chi connectivity index (χ0n) is 77.4. The largest absolute Gasteiger partial charge is 0.492 e. The fourth-order valence-corrected chi connectivity index (χ4v) is 13.0. The number of rotatable bonds is 36. The number of carbonyl (C=O) groups excluding carboxylic acids is 6. The molecule has 0 aliphatic rings. The number of amides is 1. The van der Waals surface area contributed by atoms with Crippen molar-refractivity contribution in [2.24, 2.45) is 14.1 Å². The van der Waals surface area contributed by atoms with E-state index < -0.39 is 11.6 Å². The van der Waals surface area contributed by atoms with Crippen molar-refractivity contribution in [3.63, 3.8) is 0 Å². The lowest BCUT2D eigenvalue weighted by molar-refractivity contribution is -0.114. The molecule has 0 aliphatic heterocycles. The van der Waals surface area contributed by atoms with Crippen LogP contribution in [0.3, 0.4) is 0 Å². The van der Waals surface area contributed by atoms with Crippen LogP contribution in [0.5, 0.6) is 17.2 Å². The van der Waals surface area contributed by atoms with Crippen LogP contribution in [0.15, 0.2) is 311 Å². The van der Waals surface area contributed by atoms with Crippen LogP contribution in [0, 0.1) is 31.3 Å². The van der Waals surface area contributed by atoms with Gasteiger partial charge < -0.3 is 53.9 Å². The Balaban J connectivity index is 0.000000173. The molecule has 9 aromatic carbocycles. The summed E-state index contributed by atoms with van der Waals surface area (Å²) in [7, 11) is 3.64. The average Bonchev–Trinajstić information content (AvgIpc) is 1.84. The van der Waals surface area contributed by atoms with Gasteiger partial charge in [-0.15, -0.1) is 0 Å². The second kappa shape index (κ2) is 54.2. The Morgan fingerprint density at radius 2 is 0.683 bits per heavy atom. The second-order valence-corrected chi connectivity index (χ2v) is 31.9. The Morgan fingerprint density at radius 3 is 1.08 bits per heavy atom. The molecule has 0 unspecified atom stereocenters. The first-order chi connectivity index (χ1) is 67.0. The molecule has 0 atom stereocenters. The van der Waals surface area contributed by atoms with E-state index in [1.165, 1.54) is 72.3 Å². The number of allylic oxidation sites excluding steroid dienone is 5. The third-order valence-electron chi connectivity index (χ3n) is 20.2. The van der Waals surface area contributed by atoms with E-state index in [4.69, 9.17) is 60.2 Å². The van der Waals surface area contributed by atoms with Crippen LogP contribution in [0.25, 0.3) is 36.5 Å². The predicted octanol–water partition coefficient (Wildman–Crippen LogP) is 17.6. The number of carbonyl (C=O) groups is 6. The summed E-state index contributed by atoms with van der Waals surface area (Å²) < 4.78 is 66.2. The number of para-hydroxylation sites is 5. The van der Waals surface area contributed by atoms with Crippen molar-refractivity contribution in [2.45, 2.75) is 79.1 Å². The number of hydrogen-bond acceptors (Lipinski definition) is 21. The topological polar surface area (TPSA) is 405 Å². The average molecular weight is 1900 g/mol. The Hall–Kier alpha value is -17.2. The molecule has 0 bridgehead atoms. The summed E-state index contributed by atoms with van der Waals surface area (Å²) in [5.74, 6) is 0.277. The minimum atomic E-state index is -0.448. The van der Waals surface area contributed by atoms with Crippen molar-refractivity contribution >= 4 is 123 Å². The van der Waals surface area contributed by atoms with Gasteiger partial charge in [-0.1, -0.05) is 108 Å². The molecule has 0 saturated carbocycles. The minimum absolute atomic E-state index is 0.00311. The van der Waals surface area contributed by atoms with Crippen LogP contribution in [-0.2, 0) is 101 Å². The molecule has 6 aromatic heterocycles. The number of nitrogens with two attached hydrogens (primary N) is 6. The standard InChI is InChI=1S/C22H23N3O2.C21H19ClFN3O2.C21H20FN3O2.C15H17N3O.C14H14FN3O.C14H16N4O/c1-17-6-10-21(11-7-17)27-13-12-25-16-18(15-24-25)8-9-20(26)14-19-4-2-3-5-22(19)23;22-17-10-18(23)12-20(11-17)28-8-7-26-14-15(13-25-26)5-6-19(27)9-16-3-1-2-4-21(16)24;22-18-6-9-20(10-7-18)27-12-11-25-15-16(14-24-25)5-8-19(26)13-17-3-1-2-4-21(17)23;1-11-3-5-13(15(16)7-11)8-14(19)6-4-12-9-17-18(2)10-12;1-18-9-10(8-17-18)2-4-13(19)7-11-6-12(15)3-5-14(11)16;1-2-18-10-11(9-16-18)7-8-14(19)17-13-6-4-3-5-12(13)15/h2-11,15-16H,12-14,23H2,1H3;1-6,10-14H,7-9,24H2;1-10,14-15H,11-13,23H2;3-7,9-10H,8,16H2,1-2H3;2-6,8-9H,7,16H2,1H3;3-10H,2,15H2,1H3,(H,17,19)/b9-8+;6-5+;8-5+;6-4+;4-2+;8-7+. The van der Waals surface area contributed by atoms with Crippen molar-refractivity contribution in [2.75, 3.05) is 59.5 Å². The maximum atomic E-state index is 13.3. The lowest BCUT2D eigenvalue weighted by atomic mass is 10.0. The molecular weight excluding hydrogens is 1790 g/mol. The molecule has 28 nitrogen and oxygen atoms in total. The number of hydrogen-bond donors (Lipinski definition) is 7. The fraction of sp³-hybridized carbons (Fsp3) is 0.159. The summed E-state index contributed by atoms with van der Waals surface area (Å²) in [6.45, 7) is 9.71. The van der Waals surface area contributed by atoms with Gasteiger partial charge in [0, 0.05) is 169 Å². The number of aryl methyl sites for hydroxylation is 5. The number of ketones is 5. The summed E-state index contributed by atoms with van der Waals surface area (Å²) in [5.41, 5.74) is 50.3. The second-order valence-electron chi connectivity index (χ2n) is 31.5. The number of benzene rings is 9. The van der Waals surface area contributed by atoms with Gasteiger partial charge in [-0.3, -0.25) is 56.9 Å². The molecule has 0 spiro atoms. The molecule has 0 aliphatic carbocycles. The van der Waals surface area contributed by atoms with Gasteiger partial charge in [0.2, 0.25) is 5.91 Å². The molecule has 13 N–H and O–H groups in total. The van der Waals surface area contributed by atoms with Crippen molar-refractivity contribution < 1.29 is 56.1 Å². The summed E-state index contributed by atoms with van der Waals surface area (Å²) in [6, 6.07) is 56.8. The van der Waals surface area contributed by atoms with Crippen LogP contribution in [0.2, 0.25) is 5.02 Å². The van der Waals surface area contributed by atoms with Gasteiger partial charge in [0.05, 0.1) is 68.2 Å². The SMILES string of the molecule is CCn1cc(/C=C/C(=O)Nc2ccccc2N)cn1.Cc1ccc(CC(=O)/C=C/c2cnn(C)c2)c(N)c1.Cc1ccc(OCCn2cc(/C=C/C(=O)Cc3ccccc3N)cn2)cc1.Cn1cc(/C=C/C(=O)Cc2cc(F)ccc2N)cn1.Nc1ccccc1CC(=O)/C=C/c1cnn(CCOc2cc(F)cc(Cl)c2)c1.Nc1ccccc1CC(=O)/C=C/c1cnn(CCOc2ccc(F)cc2)c1. The van der Waals surface area contributed by atoms with Gasteiger partial charge in [-0.2, -0.15) is 30.6 Å². The highest BCUT2D eigenvalue weighted by molar-refractivity contribution is 6.30.